The van der Waals surface area contributed by atoms with Crippen LogP contribution in [0.15, 0.2) is 60.9 Å². The van der Waals surface area contributed by atoms with Crippen LogP contribution in [0, 0.1) is 0 Å². The molecule has 0 bridgehead atoms. The summed E-state index contributed by atoms with van der Waals surface area (Å²) in [5, 5.41) is 6.11. The van der Waals surface area contributed by atoms with E-state index in [0.29, 0.717) is 6.04 Å². The van der Waals surface area contributed by atoms with Crippen molar-refractivity contribution in [3.05, 3.63) is 72.1 Å². The third-order valence-electron chi connectivity index (χ3n) is 4.02. The van der Waals surface area contributed by atoms with Gasteiger partial charge in [0.25, 0.3) is 0 Å². The number of hydrogen-bond donors (Lipinski definition) is 1. The molecule has 0 aliphatic heterocycles. The standard InChI is InChI=1S/C19H22N2/c1-3-20-15(2)17-11-12-21(13-17)14-18-9-6-8-16-7-4-5-10-19(16)18/h4-13,15,20H,3,14H2,1-2H3. The molecule has 0 spiro atoms. The molecule has 1 atom stereocenters. The molecule has 2 nitrogen and oxygen atoms in total. The first-order chi connectivity index (χ1) is 10.3. The van der Waals surface area contributed by atoms with Crippen molar-refractivity contribution in [2.75, 3.05) is 6.54 Å². The largest absolute Gasteiger partial charge is 0.350 e. The highest BCUT2D eigenvalue weighted by Gasteiger charge is 2.06. The monoisotopic (exact) mass is 278 g/mol. The van der Waals surface area contributed by atoms with Gasteiger partial charge in [-0.2, -0.15) is 0 Å². The van der Waals surface area contributed by atoms with Crippen LogP contribution in [0.3, 0.4) is 0 Å². The molecule has 0 aliphatic carbocycles. The highest BCUT2D eigenvalue weighted by molar-refractivity contribution is 5.85. The van der Waals surface area contributed by atoms with Gasteiger partial charge in [0.05, 0.1) is 0 Å². The Kier molecular flexibility index (Phi) is 4.07. The molecule has 0 saturated carbocycles. The lowest BCUT2D eigenvalue weighted by atomic mass is 10.0. The Morgan fingerprint density at radius 2 is 1.86 bits per heavy atom. The van der Waals surface area contributed by atoms with E-state index in [9.17, 15) is 0 Å². The topological polar surface area (TPSA) is 17.0 Å². The molecule has 3 rings (SSSR count). The Bertz CT molecular complexity index is 722. The smallest absolute Gasteiger partial charge is 0.0476 e. The average molecular weight is 278 g/mol. The third-order valence-corrected chi connectivity index (χ3v) is 4.02. The first kappa shape index (κ1) is 13.9. The minimum Gasteiger partial charge on any atom is -0.350 e. The first-order valence-corrected chi connectivity index (χ1v) is 7.63. The number of fused-ring (bicyclic) bond motifs is 1. The number of nitrogens with zero attached hydrogens (tertiary/aromatic N) is 1. The number of rotatable bonds is 5. The van der Waals surface area contributed by atoms with E-state index in [1.807, 2.05) is 0 Å². The summed E-state index contributed by atoms with van der Waals surface area (Å²) in [5.41, 5.74) is 2.71. The van der Waals surface area contributed by atoms with E-state index in [-0.39, 0.29) is 0 Å². The zero-order valence-corrected chi connectivity index (χ0v) is 12.7. The van der Waals surface area contributed by atoms with Crippen LogP contribution in [0.1, 0.15) is 31.0 Å². The normalized spacial score (nSPS) is 12.7. The van der Waals surface area contributed by atoms with Crippen molar-refractivity contribution in [3.63, 3.8) is 0 Å². The highest BCUT2D eigenvalue weighted by Crippen LogP contribution is 2.20. The molecule has 3 aromatic rings. The van der Waals surface area contributed by atoms with Gasteiger partial charge in [0.2, 0.25) is 0 Å². The van der Waals surface area contributed by atoms with E-state index in [2.05, 4.69) is 84.7 Å². The van der Waals surface area contributed by atoms with E-state index in [4.69, 9.17) is 0 Å². The molecule has 108 valence electrons. The average Bonchev–Trinajstić information content (AvgIpc) is 2.97. The Morgan fingerprint density at radius 3 is 2.71 bits per heavy atom. The van der Waals surface area contributed by atoms with Gasteiger partial charge in [0.1, 0.15) is 0 Å². The molecular weight excluding hydrogens is 256 g/mol. The first-order valence-electron chi connectivity index (χ1n) is 7.63. The van der Waals surface area contributed by atoms with Crippen molar-refractivity contribution in [1.82, 2.24) is 9.88 Å². The molecule has 0 radical (unpaired) electrons. The van der Waals surface area contributed by atoms with Crippen LogP contribution in [0.25, 0.3) is 10.8 Å². The van der Waals surface area contributed by atoms with E-state index in [1.165, 1.54) is 21.9 Å². The van der Waals surface area contributed by atoms with Gasteiger partial charge in [-0.3, -0.25) is 0 Å². The van der Waals surface area contributed by atoms with Gasteiger partial charge in [0, 0.05) is 25.0 Å². The van der Waals surface area contributed by atoms with Crippen LogP contribution in [0.4, 0.5) is 0 Å². The minimum absolute atomic E-state index is 0.406. The van der Waals surface area contributed by atoms with Crippen molar-refractivity contribution in [1.29, 1.82) is 0 Å². The van der Waals surface area contributed by atoms with Crippen LogP contribution in [0.2, 0.25) is 0 Å². The predicted octanol–water partition coefficient (Wildman–Crippen LogP) is 4.36. The molecule has 1 N–H and O–H groups in total. The van der Waals surface area contributed by atoms with Gasteiger partial charge < -0.3 is 9.88 Å². The van der Waals surface area contributed by atoms with Gasteiger partial charge >= 0.3 is 0 Å². The van der Waals surface area contributed by atoms with Crippen LogP contribution < -0.4 is 5.32 Å². The molecule has 0 saturated heterocycles. The van der Waals surface area contributed by atoms with E-state index < -0.39 is 0 Å². The molecule has 0 aliphatic rings. The highest BCUT2D eigenvalue weighted by atomic mass is 15.0. The van der Waals surface area contributed by atoms with Crippen molar-refractivity contribution < 1.29 is 0 Å². The summed E-state index contributed by atoms with van der Waals surface area (Å²) in [5.74, 6) is 0. The lowest BCUT2D eigenvalue weighted by Gasteiger charge is -2.10. The second-order valence-corrected chi connectivity index (χ2v) is 5.53. The van der Waals surface area contributed by atoms with Crippen molar-refractivity contribution in [2.24, 2.45) is 0 Å². The second kappa shape index (κ2) is 6.15. The zero-order valence-electron chi connectivity index (χ0n) is 12.7. The zero-order chi connectivity index (χ0) is 14.7. The summed E-state index contributed by atoms with van der Waals surface area (Å²) in [6.45, 7) is 6.26. The van der Waals surface area contributed by atoms with Crippen LogP contribution in [0.5, 0.6) is 0 Å². The fraction of sp³-hybridized carbons (Fsp3) is 0.263. The number of benzene rings is 2. The van der Waals surface area contributed by atoms with Crippen molar-refractivity contribution in [2.45, 2.75) is 26.4 Å². The summed E-state index contributed by atoms with van der Waals surface area (Å²) in [6, 6.07) is 17.7. The van der Waals surface area contributed by atoms with Gasteiger partial charge in [-0.1, -0.05) is 49.4 Å². The van der Waals surface area contributed by atoms with E-state index >= 15 is 0 Å². The molecule has 1 heterocycles. The van der Waals surface area contributed by atoms with Crippen LogP contribution in [-0.2, 0) is 6.54 Å². The van der Waals surface area contributed by atoms with Gasteiger partial charge in [-0.15, -0.1) is 0 Å². The summed E-state index contributed by atoms with van der Waals surface area (Å²) < 4.78 is 2.27. The fourth-order valence-corrected chi connectivity index (χ4v) is 2.86. The lowest BCUT2D eigenvalue weighted by Crippen LogP contribution is -2.17. The quantitative estimate of drug-likeness (QED) is 0.733. The number of hydrogen-bond acceptors (Lipinski definition) is 1. The molecular formula is C19H22N2. The Labute approximate surface area is 126 Å². The lowest BCUT2D eigenvalue weighted by molar-refractivity contribution is 0.596. The van der Waals surface area contributed by atoms with Gasteiger partial charge in [-0.25, -0.2) is 0 Å². The maximum atomic E-state index is 3.46. The van der Waals surface area contributed by atoms with Crippen molar-refractivity contribution in [3.8, 4) is 0 Å². The molecule has 0 amide bonds. The summed E-state index contributed by atoms with van der Waals surface area (Å²) in [6.07, 6.45) is 4.42. The molecule has 1 aromatic heterocycles. The Balaban J connectivity index is 1.86. The maximum absolute atomic E-state index is 3.46. The Hall–Kier alpha value is -2.06. The molecule has 21 heavy (non-hydrogen) atoms. The Morgan fingerprint density at radius 1 is 1.05 bits per heavy atom. The second-order valence-electron chi connectivity index (χ2n) is 5.53. The van der Waals surface area contributed by atoms with E-state index in [0.717, 1.165) is 13.1 Å². The number of nitrogens with one attached hydrogen (secondary N) is 1. The molecule has 0 fully saturated rings. The van der Waals surface area contributed by atoms with Crippen LogP contribution >= 0.6 is 0 Å². The van der Waals surface area contributed by atoms with Crippen LogP contribution in [-0.4, -0.2) is 11.1 Å². The maximum Gasteiger partial charge on any atom is 0.0476 e. The molecule has 1 unspecified atom stereocenters. The summed E-state index contributed by atoms with van der Waals surface area (Å²) in [7, 11) is 0. The molecule has 2 heteroatoms. The summed E-state index contributed by atoms with van der Waals surface area (Å²) in [4.78, 5) is 0. The van der Waals surface area contributed by atoms with Gasteiger partial charge in [-0.05, 0) is 41.4 Å². The molecule has 2 aromatic carbocycles. The van der Waals surface area contributed by atoms with Crippen molar-refractivity contribution >= 4 is 10.8 Å². The number of aromatic nitrogens is 1. The SMILES string of the molecule is CCNC(C)c1ccn(Cc2cccc3ccccc23)c1. The minimum atomic E-state index is 0.406. The third kappa shape index (κ3) is 3.01. The van der Waals surface area contributed by atoms with E-state index in [1.54, 1.807) is 0 Å². The predicted molar refractivity (Wildman–Crippen MR) is 89.6 cm³/mol. The summed E-state index contributed by atoms with van der Waals surface area (Å²) >= 11 is 0. The van der Waals surface area contributed by atoms with Gasteiger partial charge in [0.15, 0.2) is 0 Å². The fourth-order valence-electron chi connectivity index (χ4n) is 2.86.